The van der Waals surface area contributed by atoms with Crippen LogP contribution in [-0.2, 0) is 9.53 Å². The van der Waals surface area contributed by atoms with Crippen LogP contribution in [0.5, 0.6) is 0 Å². The average Bonchev–Trinajstić information content (AvgIpc) is 1.82. The minimum Gasteiger partial charge on any atom is -0.462 e. The highest BCUT2D eigenvalue weighted by Gasteiger charge is 2.02. The molecule has 0 atom stereocenters. The van der Waals surface area contributed by atoms with Gasteiger partial charge in [-0.2, -0.15) is 0 Å². The molecular formula is C7H15NO2. The monoisotopic (exact) mass is 145 g/mol. The molecule has 0 fully saturated rings. The average molecular weight is 145 g/mol. The molecule has 0 aromatic rings. The van der Waals surface area contributed by atoms with Gasteiger partial charge < -0.3 is 10.1 Å². The lowest BCUT2D eigenvalue weighted by Gasteiger charge is -2.06. The fourth-order valence-corrected chi connectivity index (χ4v) is 0.532. The smallest absolute Gasteiger partial charge is 0.320 e. The highest BCUT2D eigenvalue weighted by molar-refractivity contribution is 5.71. The molecule has 0 saturated carbocycles. The van der Waals surface area contributed by atoms with Crippen LogP contribution >= 0.6 is 0 Å². The minimum atomic E-state index is -0.183. The highest BCUT2D eigenvalue weighted by Crippen LogP contribution is 1.86. The first-order valence-electron chi connectivity index (χ1n) is 3.57. The summed E-state index contributed by atoms with van der Waals surface area (Å²) in [6.07, 6.45) is -0.00819. The predicted molar refractivity (Wildman–Crippen MR) is 39.8 cm³/mol. The molecule has 60 valence electrons. The number of rotatable bonds is 4. The molecule has 0 rings (SSSR count). The van der Waals surface area contributed by atoms with Crippen LogP contribution in [0.1, 0.15) is 20.8 Å². The van der Waals surface area contributed by atoms with Crippen molar-refractivity contribution in [2.24, 2.45) is 0 Å². The van der Waals surface area contributed by atoms with E-state index in [0.29, 0.717) is 6.54 Å². The van der Waals surface area contributed by atoms with E-state index in [2.05, 4.69) is 5.32 Å². The van der Waals surface area contributed by atoms with Crippen molar-refractivity contribution in [3.63, 3.8) is 0 Å². The molecule has 3 heteroatoms. The minimum absolute atomic E-state index is 0.00819. The number of esters is 1. The summed E-state index contributed by atoms with van der Waals surface area (Å²) >= 11 is 0. The van der Waals surface area contributed by atoms with E-state index in [1.165, 1.54) is 0 Å². The maximum Gasteiger partial charge on any atom is 0.320 e. The van der Waals surface area contributed by atoms with Crippen molar-refractivity contribution in [1.82, 2.24) is 5.32 Å². The van der Waals surface area contributed by atoms with E-state index in [1.54, 1.807) is 0 Å². The van der Waals surface area contributed by atoms with Crippen molar-refractivity contribution in [2.45, 2.75) is 26.9 Å². The van der Waals surface area contributed by atoms with Gasteiger partial charge in [0.05, 0.1) is 12.6 Å². The number of ether oxygens (including phenoxy) is 1. The Hall–Kier alpha value is -0.570. The van der Waals surface area contributed by atoms with Gasteiger partial charge in [-0.3, -0.25) is 4.79 Å². The molecule has 0 aromatic heterocycles. The second kappa shape index (κ2) is 5.23. The molecule has 0 aliphatic heterocycles. The summed E-state index contributed by atoms with van der Waals surface area (Å²) < 4.78 is 4.85. The number of nitrogens with one attached hydrogen (secondary N) is 1. The van der Waals surface area contributed by atoms with Gasteiger partial charge in [-0.05, 0) is 20.4 Å². The maximum absolute atomic E-state index is 10.7. The largest absolute Gasteiger partial charge is 0.462 e. The normalized spacial score (nSPS) is 10.0. The van der Waals surface area contributed by atoms with Gasteiger partial charge in [-0.1, -0.05) is 6.92 Å². The summed E-state index contributed by atoms with van der Waals surface area (Å²) in [6.45, 7) is 6.73. The zero-order chi connectivity index (χ0) is 7.98. The number of carbonyl (C=O) groups is 1. The number of hydrogen-bond acceptors (Lipinski definition) is 3. The summed E-state index contributed by atoms with van der Waals surface area (Å²) in [5, 5.41) is 2.88. The Balaban J connectivity index is 3.26. The molecule has 1 N–H and O–H groups in total. The lowest BCUT2D eigenvalue weighted by atomic mass is 10.5. The van der Waals surface area contributed by atoms with Crippen LogP contribution in [0.2, 0.25) is 0 Å². The highest BCUT2D eigenvalue weighted by atomic mass is 16.5. The SMILES string of the molecule is CCNCC(=O)OC(C)C. The number of carbonyl (C=O) groups excluding carboxylic acids is 1. The van der Waals surface area contributed by atoms with Crippen molar-refractivity contribution < 1.29 is 9.53 Å². The van der Waals surface area contributed by atoms with Gasteiger partial charge in [0.1, 0.15) is 0 Å². The first-order chi connectivity index (χ1) is 4.66. The molecule has 0 aliphatic carbocycles. The Labute approximate surface area is 61.8 Å². The van der Waals surface area contributed by atoms with E-state index < -0.39 is 0 Å². The van der Waals surface area contributed by atoms with Gasteiger partial charge in [0, 0.05) is 0 Å². The molecule has 0 unspecified atom stereocenters. The molecule has 10 heavy (non-hydrogen) atoms. The fraction of sp³-hybridized carbons (Fsp3) is 0.857. The third-order valence-corrected chi connectivity index (χ3v) is 0.886. The zero-order valence-corrected chi connectivity index (χ0v) is 6.81. The molecule has 0 aromatic carbocycles. The fourth-order valence-electron chi connectivity index (χ4n) is 0.532. The second-order valence-electron chi connectivity index (χ2n) is 2.32. The Morgan fingerprint density at radius 1 is 1.60 bits per heavy atom. The van der Waals surface area contributed by atoms with Gasteiger partial charge in [0.2, 0.25) is 0 Å². The molecule has 0 amide bonds. The van der Waals surface area contributed by atoms with E-state index in [0.717, 1.165) is 6.54 Å². The van der Waals surface area contributed by atoms with Crippen molar-refractivity contribution in [3.8, 4) is 0 Å². The van der Waals surface area contributed by atoms with Crippen LogP contribution < -0.4 is 5.32 Å². The van der Waals surface area contributed by atoms with E-state index >= 15 is 0 Å². The molecule has 0 bridgehead atoms. The first-order valence-corrected chi connectivity index (χ1v) is 3.57. The maximum atomic E-state index is 10.7. The quantitative estimate of drug-likeness (QED) is 0.587. The van der Waals surface area contributed by atoms with E-state index in [9.17, 15) is 4.79 Å². The Morgan fingerprint density at radius 2 is 2.20 bits per heavy atom. The summed E-state index contributed by atoms with van der Waals surface area (Å²) in [6, 6.07) is 0. The molecule has 3 nitrogen and oxygen atoms in total. The summed E-state index contributed by atoms with van der Waals surface area (Å²) in [4.78, 5) is 10.7. The van der Waals surface area contributed by atoms with E-state index in [1.807, 2.05) is 20.8 Å². The van der Waals surface area contributed by atoms with E-state index in [-0.39, 0.29) is 12.1 Å². The number of hydrogen-bond donors (Lipinski definition) is 1. The van der Waals surface area contributed by atoms with Gasteiger partial charge in [0.25, 0.3) is 0 Å². The van der Waals surface area contributed by atoms with Crippen LogP contribution in [0, 0.1) is 0 Å². The van der Waals surface area contributed by atoms with Gasteiger partial charge in [0.15, 0.2) is 0 Å². The van der Waals surface area contributed by atoms with Gasteiger partial charge >= 0.3 is 5.97 Å². The van der Waals surface area contributed by atoms with E-state index in [4.69, 9.17) is 4.74 Å². The summed E-state index contributed by atoms with van der Waals surface area (Å²) in [5.41, 5.74) is 0. The van der Waals surface area contributed by atoms with Gasteiger partial charge in [-0.15, -0.1) is 0 Å². The van der Waals surface area contributed by atoms with Crippen molar-refractivity contribution >= 4 is 5.97 Å². The molecule has 0 saturated heterocycles. The van der Waals surface area contributed by atoms with Crippen LogP contribution in [-0.4, -0.2) is 25.2 Å². The third kappa shape index (κ3) is 5.56. The Kier molecular flexibility index (Phi) is 4.94. The van der Waals surface area contributed by atoms with Crippen molar-refractivity contribution in [3.05, 3.63) is 0 Å². The van der Waals surface area contributed by atoms with Crippen LogP contribution in [0.25, 0.3) is 0 Å². The molecular weight excluding hydrogens is 130 g/mol. The zero-order valence-electron chi connectivity index (χ0n) is 6.81. The predicted octanol–water partition coefficient (Wildman–Crippen LogP) is 0.547. The molecule has 0 heterocycles. The molecule has 0 spiro atoms. The van der Waals surface area contributed by atoms with Crippen molar-refractivity contribution in [2.75, 3.05) is 13.1 Å². The van der Waals surface area contributed by atoms with Crippen molar-refractivity contribution in [1.29, 1.82) is 0 Å². The molecule has 0 radical (unpaired) electrons. The second-order valence-corrected chi connectivity index (χ2v) is 2.32. The van der Waals surface area contributed by atoms with Crippen LogP contribution in [0.3, 0.4) is 0 Å². The first kappa shape index (κ1) is 9.43. The third-order valence-electron chi connectivity index (χ3n) is 0.886. The lowest BCUT2D eigenvalue weighted by Crippen LogP contribution is -2.26. The summed E-state index contributed by atoms with van der Waals surface area (Å²) in [7, 11) is 0. The topological polar surface area (TPSA) is 38.3 Å². The summed E-state index contributed by atoms with van der Waals surface area (Å²) in [5.74, 6) is -0.183. The Bertz CT molecular complexity index is 102. The molecule has 0 aliphatic rings. The van der Waals surface area contributed by atoms with Crippen LogP contribution in [0.15, 0.2) is 0 Å². The Morgan fingerprint density at radius 3 is 2.60 bits per heavy atom. The standard InChI is InChI=1S/C7H15NO2/c1-4-8-5-7(9)10-6(2)3/h6,8H,4-5H2,1-3H3. The van der Waals surface area contributed by atoms with Crippen LogP contribution in [0.4, 0.5) is 0 Å². The van der Waals surface area contributed by atoms with Gasteiger partial charge in [-0.25, -0.2) is 0 Å². The number of likely N-dealkylation sites (N-methyl/N-ethyl adjacent to an activating group) is 1. The lowest BCUT2D eigenvalue weighted by molar-refractivity contribution is -0.146.